The van der Waals surface area contributed by atoms with Crippen LogP contribution in [0.1, 0.15) is 52.3 Å². The Balaban J connectivity index is 2.94. The topological polar surface area (TPSA) is 42.2 Å². The summed E-state index contributed by atoms with van der Waals surface area (Å²) in [5.74, 6) is 0.690. The smallest absolute Gasteiger partial charge is 0.0673 e. The van der Waals surface area contributed by atoms with E-state index in [9.17, 15) is 0 Å². The molecule has 0 amide bonds. The van der Waals surface area contributed by atoms with Crippen LogP contribution in [0.4, 0.5) is 0 Å². The first-order chi connectivity index (χ1) is 9.13. The van der Waals surface area contributed by atoms with Crippen LogP contribution in [0, 0.1) is 5.92 Å². The number of aromatic nitrogens is 1. The quantitative estimate of drug-likeness (QED) is 0.783. The van der Waals surface area contributed by atoms with Gasteiger partial charge >= 0.3 is 0 Å². The number of rotatable bonds is 8. The Labute approximate surface area is 118 Å². The molecule has 0 saturated heterocycles. The Hall–Kier alpha value is -0.930. The highest BCUT2D eigenvalue weighted by molar-refractivity contribution is 5.11. The second-order valence-electron chi connectivity index (χ2n) is 5.37. The molecule has 1 aromatic heterocycles. The number of nitrogens with two attached hydrogens (primary N) is 1. The monoisotopic (exact) mass is 263 g/mol. The first kappa shape index (κ1) is 16.1. The van der Waals surface area contributed by atoms with Crippen LogP contribution in [-0.4, -0.2) is 29.0 Å². The highest BCUT2D eigenvalue weighted by Crippen LogP contribution is 2.24. The van der Waals surface area contributed by atoms with Gasteiger partial charge in [0.05, 0.1) is 11.7 Å². The average molecular weight is 263 g/mol. The number of nitrogens with zero attached hydrogens (tertiary/aromatic N) is 2. The van der Waals surface area contributed by atoms with Crippen LogP contribution in [0.3, 0.4) is 0 Å². The number of hydrogen-bond donors (Lipinski definition) is 1. The molecule has 0 spiro atoms. The summed E-state index contributed by atoms with van der Waals surface area (Å²) in [7, 11) is 0. The second-order valence-corrected chi connectivity index (χ2v) is 5.37. The normalized spacial score (nSPS) is 16.3. The number of likely N-dealkylation sites (N-methyl/N-ethyl adjacent to an activating group) is 1. The molecule has 3 atom stereocenters. The van der Waals surface area contributed by atoms with E-state index in [4.69, 9.17) is 5.73 Å². The van der Waals surface area contributed by atoms with Crippen LogP contribution in [0.5, 0.6) is 0 Å². The van der Waals surface area contributed by atoms with Gasteiger partial charge in [-0.15, -0.1) is 0 Å². The van der Waals surface area contributed by atoms with E-state index in [1.807, 2.05) is 12.3 Å². The van der Waals surface area contributed by atoms with Gasteiger partial charge in [0.2, 0.25) is 0 Å². The lowest BCUT2D eigenvalue weighted by atomic mass is 9.98. The number of pyridine rings is 1. The zero-order valence-corrected chi connectivity index (χ0v) is 12.8. The van der Waals surface area contributed by atoms with Gasteiger partial charge in [0.1, 0.15) is 0 Å². The first-order valence-electron chi connectivity index (χ1n) is 7.54. The highest BCUT2D eigenvalue weighted by atomic mass is 15.2. The molecule has 1 heterocycles. The fourth-order valence-corrected chi connectivity index (χ4v) is 2.42. The third-order valence-corrected chi connectivity index (χ3v) is 3.91. The van der Waals surface area contributed by atoms with Gasteiger partial charge in [-0.2, -0.15) is 0 Å². The molecule has 0 aliphatic rings. The summed E-state index contributed by atoms with van der Waals surface area (Å²) in [5.41, 5.74) is 7.46. The average Bonchev–Trinajstić information content (AvgIpc) is 2.46. The zero-order valence-electron chi connectivity index (χ0n) is 12.8. The van der Waals surface area contributed by atoms with E-state index in [1.165, 1.54) is 6.42 Å². The van der Waals surface area contributed by atoms with E-state index < -0.39 is 0 Å². The molecule has 108 valence electrons. The van der Waals surface area contributed by atoms with E-state index in [-0.39, 0.29) is 12.1 Å². The SMILES string of the molecule is CCC(C)CN(CC)C(c1ccccn1)C(N)CC. The van der Waals surface area contributed by atoms with Crippen LogP contribution >= 0.6 is 0 Å². The Morgan fingerprint density at radius 1 is 1.21 bits per heavy atom. The van der Waals surface area contributed by atoms with Crippen molar-refractivity contribution in [2.24, 2.45) is 11.7 Å². The third-order valence-electron chi connectivity index (χ3n) is 3.91. The van der Waals surface area contributed by atoms with Crippen molar-refractivity contribution in [2.75, 3.05) is 13.1 Å². The summed E-state index contributed by atoms with van der Waals surface area (Å²) < 4.78 is 0. The molecule has 3 heteroatoms. The van der Waals surface area contributed by atoms with Crippen molar-refractivity contribution in [1.29, 1.82) is 0 Å². The molecule has 0 aliphatic carbocycles. The van der Waals surface area contributed by atoms with Gasteiger partial charge in [-0.25, -0.2) is 0 Å². The van der Waals surface area contributed by atoms with Gasteiger partial charge in [0.25, 0.3) is 0 Å². The Kier molecular flexibility index (Phi) is 7.03. The van der Waals surface area contributed by atoms with Crippen LogP contribution in [0.2, 0.25) is 0 Å². The molecule has 3 nitrogen and oxygen atoms in total. The molecule has 0 aliphatic heterocycles. The van der Waals surface area contributed by atoms with Gasteiger partial charge in [-0.3, -0.25) is 9.88 Å². The molecule has 3 unspecified atom stereocenters. The van der Waals surface area contributed by atoms with Crippen molar-refractivity contribution in [1.82, 2.24) is 9.88 Å². The van der Waals surface area contributed by atoms with Crippen molar-refractivity contribution in [2.45, 2.75) is 52.6 Å². The lowest BCUT2D eigenvalue weighted by Crippen LogP contribution is -2.43. The zero-order chi connectivity index (χ0) is 14.3. The van der Waals surface area contributed by atoms with Gasteiger partial charge in [0.15, 0.2) is 0 Å². The van der Waals surface area contributed by atoms with Crippen LogP contribution in [0.15, 0.2) is 24.4 Å². The van der Waals surface area contributed by atoms with Crippen LogP contribution in [-0.2, 0) is 0 Å². The van der Waals surface area contributed by atoms with Gasteiger partial charge in [-0.05, 0) is 31.0 Å². The minimum atomic E-state index is 0.138. The summed E-state index contributed by atoms with van der Waals surface area (Å²) in [6, 6.07) is 6.47. The van der Waals surface area contributed by atoms with Crippen LogP contribution in [0.25, 0.3) is 0 Å². The van der Waals surface area contributed by atoms with Crippen molar-refractivity contribution in [3.63, 3.8) is 0 Å². The van der Waals surface area contributed by atoms with E-state index in [0.29, 0.717) is 5.92 Å². The molecule has 1 rings (SSSR count). The fourth-order valence-electron chi connectivity index (χ4n) is 2.42. The lowest BCUT2D eigenvalue weighted by molar-refractivity contribution is 0.150. The predicted molar refractivity (Wildman–Crippen MR) is 81.9 cm³/mol. The summed E-state index contributed by atoms with van der Waals surface area (Å²) in [6.45, 7) is 11.0. The Morgan fingerprint density at radius 3 is 2.42 bits per heavy atom. The fraction of sp³-hybridized carbons (Fsp3) is 0.688. The van der Waals surface area contributed by atoms with E-state index in [2.05, 4.69) is 49.7 Å². The molecular weight excluding hydrogens is 234 g/mol. The Morgan fingerprint density at radius 2 is 1.95 bits per heavy atom. The van der Waals surface area contributed by atoms with Crippen molar-refractivity contribution in [3.05, 3.63) is 30.1 Å². The summed E-state index contributed by atoms with van der Waals surface area (Å²) >= 11 is 0. The molecular formula is C16H29N3. The summed E-state index contributed by atoms with van der Waals surface area (Å²) in [5, 5.41) is 0. The number of hydrogen-bond acceptors (Lipinski definition) is 3. The van der Waals surface area contributed by atoms with Crippen molar-refractivity contribution < 1.29 is 0 Å². The maximum absolute atomic E-state index is 6.36. The highest BCUT2D eigenvalue weighted by Gasteiger charge is 2.26. The molecule has 2 N–H and O–H groups in total. The summed E-state index contributed by atoms with van der Waals surface area (Å²) in [6.07, 6.45) is 4.03. The Bertz CT molecular complexity index is 339. The van der Waals surface area contributed by atoms with E-state index >= 15 is 0 Å². The maximum Gasteiger partial charge on any atom is 0.0673 e. The second kappa shape index (κ2) is 8.28. The van der Waals surface area contributed by atoms with Gasteiger partial charge < -0.3 is 5.73 Å². The lowest BCUT2D eigenvalue weighted by Gasteiger charge is -2.35. The predicted octanol–water partition coefficient (Wildman–Crippen LogP) is 3.23. The third kappa shape index (κ3) is 4.59. The largest absolute Gasteiger partial charge is 0.326 e. The van der Waals surface area contributed by atoms with Gasteiger partial charge in [-0.1, -0.05) is 40.2 Å². The minimum absolute atomic E-state index is 0.138. The first-order valence-corrected chi connectivity index (χ1v) is 7.54. The van der Waals surface area contributed by atoms with Crippen molar-refractivity contribution >= 4 is 0 Å². The summed E-state index contributed by atoms with van der Waals surface area (Å²) in [4.78, 5) is 7.01. The van der Waals surface area contributed by atoms with E-state index in [0.717, 1.165) is 25.2 Å². The molecule has 0 saturated carbocycles. The minimum Gasteiger partial charge on any atom is -0.326 e. The molecule has 0 fully saturated rings. The van der Waals surface area contributed by atoms with Gasteiger partial charge in [0, 0.05) is 18.8 Å². The molecule has 0 aromatic carbocycles. The molecule has 0 bridgehead atoms. The van der Waals surface area contributed by atoms with Crippen LogP contribution < -0.4 is 5.73 Å². The maximum atomic E-state index is 6.36. The molecule has 0 radical (unpaired) electrons. The standard InChI is InChI=1S/C16H29N3/c1-5-13(4)12-19(7-3)16(14(17)6-2)15-10-8-9-11-18-15/h8-11,13-14,16H,5-7,12,17H2,1-4H3. The molecule has 1 aromatic rings. The van der Waals surface area contributed by atoms with E-state index in [1.54, 1.807) is 0 Å². The molecule has 19 heavy (non-hydrogen) atoms. The van der Waals surface area contributed by atoms with Crippen molar-refractivity contribution in [3.8, 4) is 0 Å².